The van der Waals surface area contributed by atoms with Crippen LogP contribution in [0.3, 0.4) is 0 Å². The molecule has 0 radical (unpaired) electrons. The molecule has 2 aromatic rings. The molecule has 2 aromatic carbocycles. The third kappa shape index (κ3) is 6.39. The molecule has 1 saturated heterocycles. The Balaban J connectivity index is 1.60. The number of hydrogen-bond acceptors (Lipinski definition) is 12. The molecule has 0 bridgehead atoms. The van der Waals surface area contributed by atoms with E-state index in [1.165, 1.54) is 36.4 Å². The van der Waals surface area contributed by atoms with Gasteiger partial charge in [0.05, 0.1) is 13.2 Å². The summed E-state index contributed by atoms with van der Waals surface area (Å²) in [6.07, 6.45) is -6.69. The van der Waals surface area contributed by atoms with E-state index in [0.717, 1.165) is 12.1 Å². The molecule has 35 heavy (non-hydrogen) atoms. The predicted octanol–water partition coefficient (Wildman–Crippen LogP) is -0.377. The molecule has 12 nitrogen and oxygen atoms in total. The van der Waals surface area contributed by atoms with Gasteiger partial charge in [-0.2, -0.15) is 0 Å². The Kier molecular flexibility index (Phi) is 8.51. The number of hydrogen-bond donors (Lipinski definition) is 8. The first-order chi connectivity index (χ1) is 16.6. The van der Waals surface area contributed by atoms with Crippen LogP contribution in [0.1, 0.15) is 17.2 Å². The Morgan fingerprint density at radius 2 is 1.63 bits per heavy atom. The van der Waals surface area contributed by atoms with Gasteiger partial charge in [0.1, 0.15) is 24.4 Å². The summed E-state index contributed by atoms with van der Waals surface area (Å²) in [5.74, 6) is -2.50. The minimum Gasteiger partial charge on any atom is -0.504 e. The average Bonchev–Trinajstić information content (AvgIpc) is 2.83. The fourth-order valence-electron chi connectivity index (χ4n) is 3.35. The van der Waals surface area contributed by atoms with Gasteiger partial charge in [0, 0.05) is 6.08 Å². The number of phenols is 4. The molecule has 0 aliphatic carbocycles. The summed E-state index contributed by atoms with van der Waals surface area (Å²) >= 11 is 0. The summed E-state index contributed by atoms with van der Waals surface area (Å²) in [7, 11) is 0. The van der Waals surface area contributed by atoms with E-state index in [1.807, 2.05) is 0 Å². The fourth-order valence-corrected chi connectivity index (χ4v) is 3.35. The second-order valence-electron chi connectivity index (χ2n) is 7.79. The standard InChI is InChI=1S/C23H26O12/c24-9-18-22(35-19(30)6-2-11-1-4-13(25)15(27)7-11)20(31)21(32)23(34-18)33-10-17(29)12-3-5-14(26)16(28)8-12/h1-8,17-18,20-29,31-32H,9-10H2/b6-2+/t17-,18-,20-,21-,22-,23-/m1/s1. The van der Waals surface area contributed by atoms with Crippen LogP contribution in [0, 0.1) is 0 Å². The lowest BCUT2D eigenvalue weighted by Gasteiger charge is -2.41. The summed E-state index contributed by atoms with van der Waals surface area (Å²) in [6, 6.07) is 7.48. The van der Waals surface area contributed by atoms with Gasteiger partial charge in [-0.05, 0) is 41.5 Å². The van der Waals surface area contributed by atoms with Gasteiger partial charge in [0.15, 0.2) is 35.4 Å². The first-order valence-electron chi connectivity index (χ1n) is 10.5. The maximum Gasteiger partial charge on any atom is 0.331 e. The van der Waals surface area contributed by atoms with Crippen LogP contribution in [0.5, 0.6) is 23.0 Å². The third-order valence-electron chi connectivity index (χ3n) is 5.29. The smallest absolute Gasteiger partial charge is 0.331 e. The highest BCUT2D eigenvalue weighted by atomic mass is 16.7. The average molecular weight is 494 g/mol. The van der Waals surface area contributed by atoms with E-state index in [4.69, 9.17) is 14.2 Å². The van der Waals surface area contributed by atoms with Gasteiger partial charge in [0.25, 0.3) is 0 Å². The molecular formula is C23H26O12. The zero-order valence-corrected chi connectivity index (χ0v) is 18.2. The minimum absolute atomic E-state index is 0.199. The summed E-state index contributed by atoms with van der Waals surface area (Å²) in [5.41, 5.74) is 0.566. The van der Waals surface area contributed by atoms with Crippen molar-refractivity contribution in [3.05, 3.63) is 53.6 Å². The second-order valence-corrected chi connectivity index (χ2v) is 7.79. The number of esters is 1. The van der Waals surface area contributed by atoms with Gasteiger partial charge < -0.3 is 55.1 Å². The van der Waals surface area contributed by atoms with Crippen LogP contribution in [-0.2, 0) is 19.0 Å². The molecule has 0 aromatic heterocycles. The molecule has 1 heterocycles. The molecule has 6 atom stereocenters. The first kappa shape index (κ1) is 26.2. The fraction of sp³-hybridized carbons (Fsp3) is 0.348. The number of rotatable bonds is 8. The van der Waals surface area contributed by atoms with E-state index in [0.29, 0.717) is 5.56 Å². The predicted molar refractivity (Wildman–Crippen MR) is 117 cm³/mol. The number of carbonyl (C=O) groups excluding carboxylic acids is 1. The molecular weight excluding hydrogens is 468 g/mol. The van der Waals surface area contributed by atoms with E-state index < -0.39 is 67.5 Å². The number of aromatic hydroxyl groups is 4. The Morgan fingerprint density at radius 3 is 2.26 bits per heavy atom. The van der Waals surface area contributed by atoms with Gasteiger partial charge in [-0.15, -0.1) is 0 Å². The number of benzene rings is 2. The van der Waals surface area contributed by atoms with Crippen molar-refractivity contribution in [3.8, 4) is 23.0 Å². The maximum atomic E-state index is 12.2. The molecule has 1 aliphatic rings. The summed E-state index contributed by atoms with van der Waals surface area (Å²) in [5, 5.41) is 78.4. The molecule has 12 heteroatoms. The highest BCUT2D eigenvalue weighted by molar-refractivity contribution is 5.87. The second kappa shape index (κ2) is 11.4. The monoisotopic (exact) mass is 494 g/mol. The van der Waals surface area contributed by atoms with E-state index in [-0.39, 0.29) is 17.1 Å². The van der Waals surface area contributed by atoms with E-state index in [9.17, 15) is 45.6 Å². The van der Waals surface area contributed by atoms with Gasteiger partial charge in [-0.3, -0.25) is 0 Å². The Bertz CT molecular complexity index is 1050. The highest BCUT2D eigenvalue weighted by Crippen LogP contribution is 2.30. The zero-order chi connectivity index (χ0) is 25.7. The molecule has 1 aliphatic heterocycles. The topological polar surface area (TPSA) is 207 Å². The van der Waals surface area contributed by atoms with Gasteiger partial charge >= 0.3 is 5.97 Å². The molecule has 3 rings (SSSR count). The summed E-state index contributed by atoms with van der Waals surface area (Å²) < 4.78 is 15.9. The zero-order valence-electron chi connectivity index (χ0n) is 18.2. The van der Waals surface area contributed by atoms with E-state index >= 15 is 0 Å². The number of aliphatic hydroxyl groups excluding tert-OH is 4. The van der Waals surface area contributed by atoms with Crippen LogP contribution in [-0.4, -0.2) is 90.7 Å². The quantitative estimate of drug-likeness (QED) is 0.134. The summed E-state index contributed by atoms with van der Waals surface area (Å²) in [4.78, 5) is 12.2. The molecule has 0 spiro atoms. The largest absolute Gasteiger partial charge is 0.504 e. The maximum absolute atomic E-state index is 12.2. The third-order valence-corrected chi connectivity index (χ3v) is 5.29. The van der Waals surface area contributed by atoms with Crippen molar-refractivity contribution < 1.29 is 59.9 Å². The van der Waals surface area contributed by atoms with Crippen LogP contribution < -0.4 is 0 Å². The van der Waals surface area contributed by atoms with Gasteiger partial charge in [0.2, 0.25) is 0 Å². The van der Waals surface area contributed by atoms with Crippen LogP contribution in [0.15, 0.2) is 42.5 Å². The number of carbonyl (C=O) groups is 1. The van der Waals surface area contributed by atoms with Crippen molar-refractivity contribution in [2.75, 3.05) is 13.2 Å². The van der Waals surface area contributed by atoms with E-state index in [1.54, 1.807) is 0 Å². The number of aliphatic hydroxyl groups is 4. The molecule has 0 unspecified atom stereocenters. The van der Waals surface area contributed by atoms with Crippen LogP contribution >= 0.6 is 0 Å². The van der Waals surface area contributed by atoms with Crippen LogP contribution in [0.25, 0.3) is 6.08 Å². The Labute approximate surface area is 199 Å². The molecule has 1 fully saturated rings. The molecule has 190 valence electrons. The van der Waals surface area contributed by atoms with Gasteiger partial charge in [-0.25, -0.2) is 4.79 Å². The number of phenolic OH excluding ortho intramolecular Hbond substituents is 4. The van der Waals surface area contributed by atoms with Crippen molar-refractivity contribution in [2.45, 2.75) is 36.8 Å². The lowest BCUT2D eigenvalue weighted by Crippen LogP contribution is -2.60. The highest BCUT2D eigenvalue weighted by Gasteiger charge is 2.47. The molecule has 8 N–H and O–H groups in total. The van der Waals surface area contributed by atoms with Crippen LogP contribution in [0.4, 0.5) is 0 Å². The Hall–Kier alpha value is -3.39. The van der Waals surface area contributed by atoms with Crippen molar-refractivity contribution >= 4 is 12.0 Å². The van der Waals surface area contributed by atoms with Crippen molar-refractivity contribution in [3.63, 3.8) is 0 Å². The van der Waals surface area contributed by atoms with Crippen LogP contribution in [0.2, 0.25) is 0 Å². The van der Waals surface area contributed by atoms with Crippen molar-refractivity contribution in [1.82, 2.24) is 0 Å². The molecule has 0 saturated carbocycles. The lowest BCUT2D eigenvalue weighted by atomic mass is 9.99. The normalized spacial score (nSPS) is 25.4. The lowest BCUT2D eigenvalue weighted by molar-refractivity contribution is -0.306. The molecule has 0 amide bonds. The number of ether oxygens (including phenoxy) is 3. The summed E-state index contributed by atoms with van der Waals surface area (Å²) in [6.45, 7) is -1.14. The Morgan fingerprint density at radius 1 is 0.971 bits per heavy atom. The minimum atomic E-state index is -1.71. The van der Waals surface area contributed by atoms with Gasteiger partial charge in [-0.1, -0.05) is 12.1 Å². The van der Waals surface area contributed by atoms with Crippen molar-refractivity contribution in [1.29, 1.82) is 0 Å². The SMILES string of the molecule is O=C(/C=C/c1ccc(O)c(O)c1)O[C@H]1[C@H](O)[C@@H](O)[C@H](OC[C@@H](O)c2ccc(O)c(O)c2)O[C@@H]1CO. The first-order valence-corrected chi connectivity index (χ1v) is 10.5. The van der Waals surface area contributed by atoms with Crippen molar-refractivity contribution in [2.24, 2.45) is 0 Å². The van der Waals surface area contributed by atoms with E-state index in [2.05, 4.69) is 0 Å².